The molecule has 0 fully saturated rings. The largest absolute Gasteiger partial charge is 0.301 e. The summed E-state index contributed by atoms with van der Waals surface area (Å²) in [4.78, 5) is 18.8. The van der Waals surface area contributed by atoms with Crippen LogP contribution in [0.1, 0.15) is 33.7 Å². The maximum Gasteiger partial charge on any atom is 0.141 e. The molecule has 1 aliphatic heterocycles. The van der Waals surface area contributed by atoms with Crippen LogP contribution in [0.4, 0.5) is 0 Å². The van der Waals surface area contributed by atoms with E-state index in [-0.39, 0.29) is 11.4 Å². The van der Waals surface area contributed by atoms with Crippen molar-refractivity contribution in [1.82, 2.24) is 9.88 Å². The molecule has 27 heavy (non-hydrogen) atoms. The number of aldehydes is 1. The van der Waals surface area contributed by atoms with Gasteiger partial charge in [-0.25, -0.2) is 4.98 Å². The number of rotatable bonds is 4. The minimum absolute atomic E-state index is 0.0597. The molecule has 4 nitrogen and oxygen atoms in total. The number of pyridine rings is 1. The molecule has 2 unspecified atom stereocenters. The summed E-state index contributed by atoms with van der Waals surface area (Å²) in [7, 11) is 0. The molecule has 0 aliphatic carbocycles. The highest BCUT2D eigenvalue weighted by Gasteiger charge is 2.36. The van der Waals surface area contributed by atoms with Crippen molar-refractivity contribution in [1.29, 1.82) is 5.26 Å². The Kier molecular flexibility index (Phi) is 5.01. The highest BCUT2D eigenvalue weighted by molar-refractivity contribution is 7.99. The number of hydrogen-bond donors (Lipinski definition) is 0. The molecular formula is C22H17N3OS. The van der Waals surface area contributed by atoms with E-state index in [1.165, 1.54) is 0 Å². The smallest absolute Gasteiger partial charge is 0.141 e. The van der Waals surface area contributed by atoms with E-state index in [1.807, 2.05) is 54.6 Å². The number of aromatic nitrogens is 1. The molecule has 2 atom stereocenters. The Labute approximate surface area is 162 Å². The molecule has 0 saturated carbocycles. The van der Waals surface area contributed by atoms with E-state index in [0.29, 0.717) is 12.1 Å². The SMILES string of the molecule is N#Cc1ccc(C2Sc3ncccc3C(C=O)N2Cc2ccccc2)cc1. The molecule has 132 valence electrons. The van der Waals surface area contributed by atoms with Crippen LogP contribution in [-0.2, 0) is 11.3 Å². The average molecular weight is 371 g/mol. The Morgan fingerprint density at radius 3 is 2.56 bits per heavy atom. The first-order valence-electron chi connectivity index (χ1n) is 8.67. The highest BCUT2D eigenvalue weighted by atomic mass is 32.2. The third-order valence-corrected chi connectivity index (χ3v) is 5.99. The van der Waals surface area contributed by atoms with Crippen molar-refractivity contribution in [2.24, 2.45) is 0 Å². The van der Waals surface area contributed by atoms with Gasteiger partial charge in [0.2, 0.25) is 0 Å². The fourth-order valence-electron chi connectivity index (χ4n) is 3.33. The van der Waals surface area contributed by atoms with Crippen LogP contribution in [0, 0.1) is 11.3 Å². The zero-order valence-corrected chi connectivity index (χ0v) is 15.3. The van der Waals surface area contributed by atoms with E-state index >= 15 is 0 Å². The van der Waals surface area contributed by atoms with Gasteiger partial charge in [0.1, 0.15) is 11.3 Å². The van der Waals surface area contributed by atoms with Crippen LogP contribution in [0.5, 0.6) is 0 Å². The van der Waals surface area contributed by atoms with E-state index in [0.717, 1.165) is 28.0 Å². The number of carbonyl (C=O) groups is 1. The van der Waals surface area contributed by atoms with Crippen LogP contribution < -0.4 is 0 Å². The standard InChI is InChI=1S/C22H17N3OS/c23-13-16-8-10-18(11-9-16)22-25(14-17-5-2-1-3-6-17)20(15-26)19-7-4-12-24-21(19)27-22/h1-12,15,20,22H,14H2. The second-order valence-corrected chi connectivity index (χ2v) is 7.41. The van der Waals surface area contributed by atoms with Gasteiger partial charge in [-0.1, -0.05) is 60.3 Å². The summed E-state index contributed by atoms with van der Waals surface area (Å²) in [6, 6.07) is 23.3. The fourth-order valence-corrected chi connectivity index (χ4v) is 4.63. The maximum atomic E-state index is 12.1. The predicted molar refractivity (Wildman–Crippen MR) is 105 cm³/mol. The number of thioether (sulfide) groups is 1. The van der Waals surface area contributed by atoms with Gasteiger partial charge in [0.05, 0.1) is 23.0 Å². The third-order valence-electron chi connectivity index (χ3n) is 4.66. The molecule has 4 rings (SSSR count). The second kappa shape index (κ2) is 7.75. The van der Waals surface area contributed by atoms with Gasteiger partial charge in [-0.15, -0.1) is 0 Å². The van der Waals surface area contributed by atoms with Gasteiger partial charge < -0.3 is 4.79 Å². The van der Waals surface area contributed by atoms with Gasteiger partial charge in [0, 0.05) is 18.3 Å². The van der Waals surface area contributed by atoms with Crippen molar-refractivity contribution in [2.45, 2.75) is 23.0 Å². The molecule has 1 aromatic heterocycles. The van der Waals surface area contributed by atoms with Gasteiger partial charge >= 0.3 is 0 Å². The lowest BCUT2D eigenvalue weighted by Gasteiger charge is -2.40. The Bertz CT molecular complexity index is 982. The van der Waals surface area contributed by atoms with Gasteiger partial charge in [0.25, 0.3) is 0 Å². The molecule has 5 heteroatoms. The molecule has 0 saturated heterocycles. The van der Waals surface area contributed by atoms with Crippen molar-refractivity contribution in [3.05, 3.63) is 95.2 Å². The lowest BCUT2D eigenvalue weighted by atomic mass is 10.0. The first-order valence-corrected chi connectivity index (χ1v) is 9.54. The van der Waals surface area contributed by atoms with Crippen LogP contribution in [0.2, 0.25) is 0 Å². The highest BCUT2D eigenvalue weighted by Crippen LogP contribution is 2.48. The Morgan fingerprint density at radius 2 is 1.85 bits per heavy atom. The Morgan fingerprint density at radius 1 is 1.07 bits per heavy atom. The summed E-state index contributed by atoms with van der Waals surface area (Å²) in [5, 5.41) is 9.90. The fraction of sp³-hybridized carbons (Fsp3) is 0.136. The summed E-state index contributed by atoms with van der Waals surface area (Å²) >= 11 is 1.64. The van der Waals surface area contributed by atoms with Crippen LogP contribution >= 0.6 is 11.8 Å². The second-order valence-electron chi connectivity index (χ2n) is 6.34. The molecule has 1 aliphatic rings. The molecular weight excluding hydrogens is 354 g/mol. The molecule has 2 heterocycles. The lowest BCUT2D eigenvalue weighted by molar-refractivity contribution is -0.113. The average Bonchev–Trinajstić information content (AvgIpc) is 2.74. The summed E-state index contributed by atoms with van der Waals surface area (Å²) in [6.45, 7) is 0.649. The van der Waals surface area contributed by atoms with Crippen LogP contribution in [-0.4, -0.2) is 16.2 Å². The van der Waals surface area contributed by atoms with E-state index in [2.05, 4.69) is 28.1 Å². The van der Waals surface area contributed by atoms with Crippen molar-refractivity contribution < 1.29 is 4.79 Å². The third kappa shape index (κ3) is 3.50. The number of benzene rings is 2. The number of fused-ring (bicyclic) bond motifs is 1. The van der Waals surface area contributed by atoms with E-state index in [4.69, 9.17) is 5.26 Å². The van der Waals surface area contributed by atoms with Crippen molar-refractivity contribution in [2.75, 3.05) is 0 Å². The number of hydrogen-bond acceptors (Lipinski definition) is 5. The maximum absolute atomic E-state index is 12.1. The first kappa shape index (κ1) is 17.5. The molecule has 3 aromatic rings. The molecule has 2 aromatic carbocycles. The van der Waals surface area contributed by atoms with Gasteiger partial charge in [-0.2, -0.15) is 5.26 Å². The summed E-state index contributed by atoms with van der Waals surface area (Å²) < 4.78 is 0. The van der Waals surface area contributed by atoms with Crippen molar-refractivity contribution in [3.8, 4) is 6.07 Å². The quantitative estimate of drug-likeness (QED) is 0.632. The molecule has 0 radical (unpaired) electrons. The van der Waals surface area contributed by atoms with Gasteiger partial charge in [-0.3, -0.25) is 4.90 Å². The Balaban J connectivity index is 1.78. The van der Waals surface area contributed by atoms with Crippen LogP contribution in [0.3, 0.4) is 0 Å². The summed E-state index contributed by atoms with van der Waals surface area (Å²) in [5.41, 5.74) is 3.77. The van der Waals surface area contributed by atoms with E-state index < -0.39 is 0 Å². The summed E-state index contributed by atoms with van der Waals surface area (Å²) in [5.74, 6) is 0. The zero-order chi connectivity index (χ0) is 18.6. The number of carbonyl (C=O) groups excluding carboxylic acids is 1. The monoisotopic (exact) mass is 371 g/mol. The summed E-state index contributed by atoms with van der Waals surface area (Å²) in [6.07, 6.45) is 2.76. The topological polar surface area (TPSA) is 57.0 Å². The normalized spacial score (nSPS) is 19.1. The predicted octanol–water partition coefficient (Wildman–Crippen LogP) is 4.50. The Hall–Kier alpha value is -2.94. The minimum atomic E-state index is -0.365. The first-order chi connectivity index (χ1) is 13.3. The van der Waals surface area contributed by atoms with Crippen LogP contribution in [0.15, 0.2) is 78.0 Å². The van der Waals surface area contributed by atoms with Gasteiger partial charge in [-0.05, 0) is 29.3 Å². The zero-order valence-electron chi connectivity index (χ0n) is 14.5. The molecule has 0 amide bonds. The molecule has 0 bridgehead atoms. The molecule has 0 spiro atoms. The number of nitriles is 1. The van der Waals surface area contributed by atoms with Crippen molar-refractivity contribution >= 4 is 18.0 Å². The van der Waals surface area contributed by atoms with E-state index in [9.17, 15) is 4.79 Å². The minimum Gasteiger partial charge on any atom is -0.301 e. The van der Waals surface area contributed by atoms with Crippen LogP contribution in [0.25, 0.3) is 0 Å². The number of nitrogens with zero attached hydrogens (tertiary/aromatic N) is 3. The lowest BCUT2D eigenvalue weighted by Crippen LogP contribution is -2.35. The van der Waals surface area contributed by atoms with E-state index in [1.54, 1.807) is 18.0 Å². The molecule has 0 N–H and O–H groups in total. The van der Waals surface area contributed by atoms with Crippen molar-refractivity contribution in [3.63, 3.8) is 0 Å². The van der Waals surface area contributed by atoms with Gasteiger partial charge in [0.15, 0.2) is 0 Å².